The van der Waals surface area contributed by atoms with Crippen LogP contribution in [0.5, 0.6) is 0 Å². The van der Waals surface area contributed by atoms with Crippen LogP contribution in [0.25, 0.3) is 0 Å². The molecule has 1 fully saturated rings. The number of carbonyl (C=O) groups is 2. The second-order valence-electron chi connectivity index (χ2n) is 3.82. The van der Waals surface area contributed by atoms with Crippen LogP contribution < -0.4 is 16.0 Å². The highest BCUT2D eigenvalue weighted by Gasteiger charge is 2.24. The van der Waals surface area contributed by atoms with Crippen LogP contribution in [-0.4, -0.2) is 30.9 Å². The summed E-state index contributed by atoms with van der Waals surface area (Å²) in [7, 11) is 0. The summed E-state index contributed by atoms with van der Waals surface area (Å²) in [5, 5.41) is 8.33. The average molecular weight is 377 g/mol. The van der Waals surface area contributed by atoms with Crippen LogP contribution in [0.1, 0.15) is 0 Å². The predicted octanol–water partition coefficient (Wildman–Crippen LogP) is 1.24. The van der Waals surface area contributed by atoms with Crippen LogP contribution in [0.4, 0.5) is 5.69 Å². The van der Waals surface area contributed by atoms with Gasteiger partial charge in [0.25, 0.3) is 0 Å². The van der Waals surface area contributed by atoms with Crippen LogP contribution in [0, 0.1) is 0 Å². The van der Waals surface area contributed by atoms with Crippen LogP contribution in [0.2, 0.25) is 0 Å². The Bertz CT molecular complexity index is 463. The third-order valence-corrected chi connectivity index (χ3v) is 3.86. The van der Waals surface area contributed by atoms with Crippen molar-refractivity contribution in [2.45, 2.75) is 6.04 Å². The number of amides is 2. The van der Waals surface area contributed by atoms with Crippen molar-refractivity contribution in [3.05, 3.63) is 27.1 Å². The molecule has 0 aromatic heterocycles. The first-order valence-electron chi connectivity index (χ1n) is 5.33. The number of rotatable bonds is 2. The van der Waals surface area contributed by atoms with E-state index in [1.165, 1.54) is 0 Å². The Kier molecular flexibility index (Phi) is 4.36. The number of carbonyl (C=O) groups excluding carboxylic acids is 2. The Hall–Kier alpha value is -0.920. The number of benzene rings is 1. The minimum absolute atomic E-state index is 0.0962. The van der Waals surface area contributed by atoms with Gasteiger partial charge in [-0.05, 0) is 44.0 Å². The Morgan fingerprint density at radius 2 is 2.00 bits per heavy atom. The summed E-state index contributed by atoms with van der Waals surface area (Å²) in [6.45, 7) is 0.460. The number of anilines is 1. The van der Waals surface area contributed by atoms with E-state index in [-0.39, 0.29) is 18.4 Å². The van der Waals surface area contributed by atoms with Crippen molar-refractivity contribution in [2.24, 2.45) is 0 Å². The van der Waals surface area contributed by atoms with Crippen molar-refractivity contribution in [3.8, 4) is 0 Å². The van der Waals surface area contributed by atoms with Gasteiger partial charge in [0, 0.05) is 15.5 Å². The quantitative estimate of drug-likeness (QED) is 0.727. The molecule has 96 valence electrons. The Balaban J connectivity index is 2.05. The van der Waals surface area contributed by atoms with E-state index in [1.807, 2.05) is 18.2 Å². The molecule has 1 unspecified atom stereocenters. The summed E-state index contributed by atoms with van der Waals surface area (Å²) in [5.74, 6) is -0.274. The van der Waals surface area contributed by atoms with Gasteiger partial charge in [-0.1, -0.05) is 6.07 Å². The average Bonchev–Trinajstić information content (AvgIpc) is 2.34. The highest BCUT2D eigenvalue weighted by molar-refractivity contribution is 9.11. The van der Waals surface area contributed by atoms with Crippen LogP contribution in [-0.2, 0) is 9.59 Å². The molecule has 0 saturated carbocycles. The standard InChI is InChI=1S/C11H11Br2N3O2/c12-6-2-1-3-7(13)10(6)16-11(18)8-4-15-9(17)5-14-8/h1-3,8,14H,4-5H2,(H,15,17)(H,16,18). The highest BCUT2D eigenvalue weighted by atomic mass is 79.9. The number of hydrogen-bond donors (Lipinski definition) is 3. The van der Waals surface area contributed by atoms with Gasteiger partial charge in [0.1, 0.15) is 6.04 Å². The molecule has 2 amide bonds. The van der Waals surface area contributed by atoms with E-state index in [0.717, 1.165) is 8.95 Å². The summed E-state index contributed by atoms with van der Waals surface area (Å²) in [5.41, 5.74) is 0.682. The first-order chi connectivity index (χ1) is 8.58. The van der Waals surface area contributed by atoms with E-state index in [1.54, 1.807) is 0 Å². The van der Waals surface area contributed by atoms with Gasteiger partial charge in [0.15, 0.2) is 0 Å². The lowest BCUT2D eigenvalue weighted by atomic mass is 10.2. The zero-order valence-corrected chi connectivity index (χ0v) is 12.5. The summed E-state index contributed by atoms with van der Waals surface area (Å²) in [6, 6.07) is 5.14. The zero-order chi connectivity index (χ0) is 13.1. The molecule has 1 aliphatic heterocycles. The minimum atomic E-state index is -0.415. The smallest absolute Gasteiger partial charge is 0.243 e. The predicted molar refractivity (Wildman–Crippen MR) is 75.3 cm³/mol. The summed E-state index contributed by atoms with van der Waals surface area (Å²) < 4.78 is 1.59. The van der Waals surface area contributed by atoms with E-state index in [9.17, 15) is 9.59 Å². The molecule has 1 saturated heterocycles. The second-order valence-corrected chi connectivity index (χ2v) is 5.53. The molecule has 1 heterocycles. The fourth-order valence-corrected chi connectivity index (χ4v) is 2.78. The highest BCUT2D eigenvalue weighted by Crippen LogP contribution is 2.30. The van der Waals surface area contributed by atoms with Gasteiger partial charge < -0.3 is 10.6 Å². The third-order valence-electron chi connectivity index (χ3n) is 2.54. The van der Waals surface area contributed by atoms with Crippen molar-refractivity contribution in [3.63, 3.8) is 0 Å². The summed E-state index contributed by atoms with van der Waals surface area (Å²) in [6.07, 6.45) is 0. The van der Waals surface area contributed by atoms with E-state index < -0.39 is 6.04 Å². The maximum atomic E-state index is 12.0. The SMILES string of the molecule is O=C1CNC(C(=O)Nc2c(Br)cccc2Br)CN1. The van der Waals surface area contributed by atoms with E-state index in [4.69, 9.17) is 0 Å². The van der Waals surface area contributed by atoms with Gasteiger partial charge >= 0.3 is 0 Å². The van der Waals surface area contributed by atoms with Gasteiger partial charge in [0.2, 0.25) is 11.8 Å². The van der Waals surface area contributed by atoms with Crippen LogP contribution in [0.3, 0.4) is 0 Å². The fourth-order valence-electron chi connectivity index (χ4n) is 1.58. The topological polar surface area (TPSA) is 70.2 Å². The molecule has 1 aromatic carbocycles. The van der Waals surface area contributed by atoms with E-state index in [0.29, 0.717) is 12.2 Å². The normalized spacial score (nSPS) is 19.2. The number of piperazine rings is 1. The molecule has 1 aromatic rings. The fraction of sp³-hybridized carbons (Fsp3) is 0.273. The molecule has 3 N–H and O–H groups in total. The van der Waals surface area contributed by atoms with E-state index in [2.05, 4.69) is 47.8 Å². The lowest BCUT2D eigenvalue weighted by Gasteiger charge is -2.23. The number of para-hydroxylation sites is 1. The first-order valence-corrected chi connectivity index (χ1v) is 6.91. The lowest BCUT2D eigenvalue weighted by Crippen LogP contribution is -2.56. The van der Waals surface area contributed by atoms with Crippen LogP contribution in [0.15, 0.2) is 27.1 Å². The van der Waals surface area contributed by atoms with Gasteiger partial charge in [-0.3, -0.25) is 14.9 Å². The molecule has 18 heavy (non-hydrogen) atoms. The molecule has 0 spiro atoms. The minimum Gasteiger partial charge on any atom is -0.353 e. The Labute approximate surface area is 121 Å². The number of halogens is 2. The lowest BCUT2D eigenvalue weighted by molar-refractivity contribution is -0.124. The maximum Gasteiger partial charge on any atom is 0.243 e. The summed E-state index contributed by atoms with van der Waals surface area (Å²) >= 11 is 6.75. The van der Waals surface area contributed by atoms with Crippen molar-refractivity contribution < 1.29 is 9.59 Å². The molecule has 2 rings (SSSR count). The van der Waals surface area contributed by atoms with Crippen molar-refractivity contribution in [1.82, 2.24) is 10.6 Å². The maximum absolute atomic E-state index is 12.0. The van der Waals surface area contributed by atoms with Gasteiger partial charge in [-0.2, -0.15) is 0 Å². The van der Waals surface area contributed by atoms with Crippen molar-refractivity contribution in [2.75, 3.05) is 18.4 Å². The van der Waals surface area contributed by atoms with Crippen molar-refractivity contribution >= 4 is 49.4 Å². The number of nitrogens with one attached hydrogen (secondary N) is 3. The first kappa shape index (κ1) is 13.5. The van der Waals surface area contributed by atoms with Crippen molar-refractivity contribution in [1.29, 1.82) is 0 Å². The van der Waals surface area contributed by atoms with Crippen LogP contribution >= 0.6 is 31.9 Å². The molecular formula is C11H11Br2N3O2. The molecule has 0 aliphatic carbocycles. The molecule has 0 bridgehead atoms. The number of hydrogen-bond acceptors (Lipinski definition) is 3. The van der Waals surface area contributed by atoms with Gasteiger partial charge in [-0.15, -0.1) is 0 Å². The third kappa shape index (κ3) is 3.09. The molecule has 1 atom stereocenters. The monoisotopic (exact) mass is 375 g/mol. The molecule has 5 nitrogen and oxygen atoms in total. The van der Waals surface area contributed by atoms with Gasteiger partial charge in [0.05, 0.1) is 12.2 Å². The second kappa shape index (κ2) is 5.81. The zero-order valence-electron chi connectivity index (χ0n) is 9.30. The summed E-state index contributed by atoms with van der Waals surface area (Å²) in [4.78, 5) is 23.0. The molecule has 7 heteroatoms. The molecule has 0 radical (unpaired) electrons. The molecular weight excluding hydrogens is 366 g/mol. The van der Waals surface area contributed by atoms with E-state index >= 15 is 0 Å². The Morgan fingerprint density at radius 1 is 1.33 bits per heavy atom. The molecule has 1 aliphatic rings. The Morgan fingerprint density at radius 3 is 2.56 bits per heavy atom. The largest absolute Gasteiger partial charge is 0.353 e. The van der Waals surface area contributed by atoms with Gasteiger partial charge in [-0.25, -0.2) is 0 Å².